The van der Waals surface area contributed by atoms with Gasteiger partial charge in [-0.2, -0.15) is 0 Å². The molecule has 3 aliphatic rings. The number of carbonyl (C=O) groups is 10. The Kier molecular flexibility index (Phi) is 35.9. The van der Waals surface area contributed by atoms with Gasteiger partial charge >= 0.3 is 18.2 Å². The molecule has 0 radical (unpaired) electrons. The first-order chi connectivity index (χ1) is 50.3. The molecule has 3 fully saturated rings. The van der Waals surface area contributed by atoms with E-state index in [1.807, 2.05) is 19.9 Å². The van der Waals surface area contributed by atoms with Gasteiger partial charge < -0.3 is 109 Å². The molecule has 3 aliphatic heterocycles. The average molecular weight is 1500 g/mol. The van der Waals surface area contributed by atoms with Gasteiger partial charge in [0.05, 0.1) is 94.7 Å². The second-order valence-electron chi connectivity index (χ2n) is 27.8. The van der Waals surface area contributed by atoms with Crippen molar-refractivity contribution >= 4 is 59.5 Å². The number of benzene rings is 2. The molecule has 0 saturated carbocycles. The number of methoxy groups -OCH3 is 3. The van der Waals surface area contributed by atoms with Crippen LogP contribution in [0.4, 0.5) is 9.59 Å². The fraction of sp³-hybridized carbons (Fsp3) is 0.671. The number of aliphatic hydroxyl groups excluding tert-OH is 4. The van der Waals surface area contributed by atoms with Crippen molar-refractivity contribution in [3.8, 4) is 5.75 Å². The first-order valence-electron chi connectivity index (χ1n) is 35.9. The summed E-state index contributed by atoms with van der Waals surface area (Å²) in [6.07, 6.45) is -11.3. The number of nitrogens with zero attached hydrogens (tertiary/aromatic N) is 4. The topological polar surface area (TPSA) is 428 Å². The van der Waals surface area contributed by atoms with Crippen LogP contribution in [-0.4, -0.2) is 285 Å². The molecule has 594 valence electrons. The molecule has 0 spiro atoms. The van der Waals surface area contributed by atoms with Crippen LogP contribution in [0.1, 0.15) is 117 Å². The Morgan fingerprint density at radius 2 is 1.48 bits per heavy atom. The summed E-state index contributed by atoms with van der Waals surface area (Å²) >= 11 is 0. The molecule has 33 heteroatoms. The third-order valence-electron chi connectivity index (χ3n) is 19.4. The number of ether oxygens (including phenoxy) is 9. The summed E-state index contributed by atoms with van der Waals surface area (Å²) in [5.74, 6) is -7.05. The largest absolute Gasteiger partial charge is 0.479 e. The lowest BCUT2D eigenvalue weighted by Gasteiger charge is -2.49. The van der Waals surface area contributed by atoms with Crippen molar-refractivity contribution in [2.24, 2.45) is 23.7 Å². The van der Waals surface area contributed by atoms with Crippen molar-refractivity contribution in [1.29, 1.82) is 0 Å². The number of likely N-dealkylation sites (N-methyl/N-ethyl adjacent to an activating group) is 2. The number of hydrogen-bond donors (Lipinski definition) is 10. The average Bonchev–Trinajstić information content (AvgIpc) is 0.883. The number of amides is 9. The van der Waals surface area contributed by atoms with Crippen LogP contribution in [0.25, 0.3) is 0 Å². The Morgan fingerprint density at radius 3 is 2.10 bits per heavy atom. The Labute approximate surface area is 619 Å². The van der Waals surface area contributed by atoms with Gasteiger partial charge in [-0.15, -0.1) is 0 Å². The first-order valence-corrected chi connectivity index (χ1v) is 35.9. The van der Waals surface area contributed by atoms with Gasteiger partial charge in [0.15, 0.2) is 6.10 Å². The number of nitrogens with one attached hydrogen (secondary N) is 5. The van der Waals surface area contributed by atoms with Crippen molar-refractivity contribution in [2.75, 3.05) is 101 Å². The van der Waals surface area contributed by atoms with E-state index in [9.17, 15) is 73.5 Å². The minimum Gasteiger partial charge on any atom is -0.479 e. The Bertz CT molecular complexity index is 3220. The molecule has 0 aliphatic carbocycles. The molecule has 2 aromatic carbocycles. The second kappa shape index (κ2) is 43.0. The molecule has 106 heavy (non-hydrogen) atoms. The van der Waals surface area contributed by atoms with E-state index in [0.29, 0.717) is 44.6 Å². The Morgan fingerprint density at radius 1 is 0.783 bits per heavy atom. The smallest absolute Gasteiger partial charge is 0.410 e. The number of aliphatic carboxylic acids is 1. The maximum absolute atomic E-state index is 14.9. The minimum atomic E-state index is -2.04. The van der Waals surface area contributed by atoms with Crippen LogP contribution < -0.4 is 31.3 Å². The summed E-state index contributed by atoms with van der Waals surface area (Å²) < 4.78 is 50.4. The minimum absolute atomic E-state index is 0.0318. The van der Waals surface area contributed by atoms with Gasteiger partial charge in [0, 0.05) is 67.0 Å². The zero-order valence-electron chi connectivity index (χ0n) is 63.2. The van der Waals surface area contributed by atoms with Crippen LogP contribution in [0.2, 0.25) is 0 Å². The predicted octanol–water partition coefficient (Wildman–Crippen LogP) is 1.54. The molecule has 10 N–H and O–H groups in total. The maximum atomic E-state index is 14.9. The molecule has 0 bridgehead atoms. The molecule has 33 nitrogen and oxygen atoms in total. The lowest BCUT2D eigenvalue weighted by Crippen LogP contribution is -2.69. The quantitative estimate of drug-likeness (QED) is 0.0332. The number of hydrogen-bond acceptors (Lipinski definition) is 23. The van der Waals surface area contributed by atoms with Crippen molar-refractivity contribution in [3.05, 3.63) is 77.9 Å². The fourth-order valence-electron chi connectivity index (χ4n) is 13.1. The van der Waals surface area contributed by atoms with Crippen molar-refractivity contribution in [1.82, 2.24) is 46.2 Å². The summed E-state index contributed by atoms with van der Waals surface area (Å²) in [4.78, 5) is 141. The summed E-state index contributed by atoms with van der Waals surface area (Å²) in [6.45, 7) is 17.3. The summed E-state index contributed by atoms with van der Waals surface area (Å²) in [5, 5.41) is 66.2. The van der Waals surface area contributed by atoms with E-state index < -0.39 is 158 Å². The van der Waals surface area contributed by atoms with Crippen LogP contribution in [0.5, 0.6) is 5.75 Å². The molecule has 5 rings (SSSR count). The SMILES string of the molecule is C=CCOC(=O)NCC1(OCC(=O)NCCC(=O)NCc2cc(COC(=O)N(C)[C@H](C(=O)N[C@H](C(=O)N(C)[C@@H]([C@@H](C)CC)[C@@H](CC(=O)N3CCC[C@H]3[C@H](OC)[C@@H](C)C(=O)N[C@H](C)[C@@H](O)c3ccccc3)OC)C(C)C)C(C)C)ccc2O[C@@H]2O[C@H](C(=O)O)[C@@H](O)[C@H](O)[C@H]2O)CN(C(=O)CCOCCOC)C1. The highest BCUT2D eigenvalue weighted by Gasteiger charge is 2.50. The first kappa shape index (κ1) is 88.5. The number of carboxylic acids is 1. The van der Waals surface area contributed by atoms with Gasteiger partial charge in [-0.05, 0) is 60.8 Å². The van der Waals surface area contributed by atoms with Crippen molar-refractivity contribution in [3.63, 3.8) is 0 Å². The number of alkyl carbamates (subject to hydrolysis) is 1. The van der Waals surface area contributed by atoms with Gasteiger partial charge in [-0.3, -0.25) is 38.5 Å². The molecular formula is C73H113N9O24. The normalized spacial score (nSPS) is 20.9. The van der Waals surface area contributed by atoms with E-state index in [2.05, 4.69) is 33.2 Å². The lowest BCUT2D eigenvalue weighted by atomic mass is 9.89. The van der Waals surface area contributed by atoms with Crippen LogP contribution in [-0.2, 0) is 89.4 Å². The third-order valence-corrected chi connectivity index (χ3v) is 19.4. The van der Waals surface area contributed by atoms with E-state index in [4.69, 9.17) is 42.6 Å². The molecule has 3 heterocycles. The Hall–Kier alpha value is -8.12. The molecule has 15 atom stereocenters. The number of carbonyl (C=O) groups excluding carboxylic acids is 9. The third kappa shape index (κ3) is 25.0. The zero-order chi connectivity index (χ0) is 78.7. The van der Waals surface area contributed by atoms with Crippen LogP contribution in [0, 0.1) is 23.7 Å². The second-order valence-corrected chi connectivity index (χ2v) is 27.8. The standard InChI is InChI=1S/C73H113N9O24/c1-15-30-102-71(96)76-39-73(40-81(41-73)55(85)27-31-101-33-32-98-12)104-38-54(84)74-28-26-53(83)75-36-49-34-47(24-25-51(49)105-70-63(90)61(88)62(89)65(106-70)69(94)95)37-103-72(97)80(11)58(43(5)6)67(92)78-57(42(3)4)68(93)79(10)59(44(7)16-2)52(99-13)35-56(86)82-29-20-23-50(82)64(100-14)45(8)66(91)77-46(9)60(87)48-21-18-17-19-22-48/h15,17-19,21-22,24-25,34,42-46,50,52,57-65,70,87-90H,1,16,20,23,26-33,35-41H2,2-14H3,(H,74,84)(H,75,83)(H,76,96)(H,77,91)(H,78,92)(H,94,95)/t44-,45+,46+,50-,52+,57-,58-,59-,60+,61-,62-,63+,64+,65-,70+/m0/s1. The van der Waals surface area contributed by atoms with Gasteiger partial charge in [0.25, 0.3) is 0 Å². The highest BCUT2D eigenvalue weighted by Crippen LogP contribution is 2.33. The summed E-state index contributed by atoms with van der Waals surface area (Å²) in [5.41, 5.74) is -0.0862. The molecule has 2 aromatic rings. The monoisotopic (exact) mass is 1500 g/mol. The van der Waals surface area contributed by atoms with E-state index in [1.165, 1.54) is 62.5 Å². The van der Waals surface area contributed by atoms with Gasteiger partial charge in [-0.25, -0.2) is 14.4 Å². The molecule has 0 aromatic heterocycles. The van der Waals surface area contributed by atoms with E-state index in [0.717, 1.165) is 4.90 Å². The van der Waals surface area contributed by atoms with Gasteiger partial charge in [0.2, 0.25) is 47.6 Å². The van der Waals surface area contributed by atoms with Gasteiger partial charge in [-0.1, -0.05) is 104 Å². The fourth-order valence-corrected chi connectivity index (χ4v) is 13.1. The Balaban J connectivity index is 1.24. The highest BCUT2D eigenvalue weighted by atomic mass is 16.7. The van der Waals surface area contributed by atoms with Gasteiger partial charge in [0.1, 0.15) is 61.6 Å². The maximum Gasteiger partial charge on any atom is 0.410 e. The lowest BCUT2D eigenvalue weighted by molar-refractivity contribution is -0.271. The number of rotatable bonds is 43. The van der Waals surface area contributed by atoms with E-state index in [-0.39, 0.29) is 106 Å². The van der Waals surface area contributed by atoms with E-state index in [1.54, 1.807) is 77.8 Å². The van der Waals surface area contributed by atoms with Crippen molar-refractivity contribution in [2.45, 2.75) is 192 Å². The van der Waals surface area contributed by atoms with E-state index >= 15 is 0 Å². The predicted molar refractivity (Wildman–Crippen MR) is 381 cm³/mol. The number of carboxylic acid groups (broad SMARTS) is 1. The number of likely N-dealkylation sites (tertiary alicyclic amines) is 2. The van der Waals surface area contributed by atoms with Crippen molar-refractivity contribution < 1.29 is 116 Å². The van der Waals surface area contributed by atoms with Crippen LogP contribution in [0.15, 0.2) is 61.2 Å². The molecular weight excluding hydrogens is 1390 g/mol. The molecule has 0 unspecified atom stereocenters. The summed E-state index contributed by atoms with van der Waals surface area (Å²) in [7, 11) is 7.44. The molecule has 9 amide bonds. The molecule has 3 saturated heterocycles. The van der Waals surface area contributed by atoms with Crippen LogP contribution >= 0.6 is 0 Å². The highest BCUT2D eigenvalue weighted by molar-refractivity contribution is 5.92. The zero-order valence-corrected chi connectivity index (χ0v) is 63.2. The number of aliphatic hydroxyl groups is 4. The summed E-state index contributed by atoms with van der Waals surface area (Å²) in [6, 6.07) is 9.05. The van der Waals surface area contributed by atoms with Crippen LogP contribution in [0.3, 0.4) is 0 Å².